The van der Waals surface area contributed by atoms with Crippen LogP contribution >= 0.6 is 0 Å². The highest BCUT2D eigenvalue weighted by Crippen LogP contribution is 2.82. The molecule has 12 heavy (non-hydrogen) atoms. The van der Waals surface area contributed by atoms with Gasteiger partial charge in [0.15, 0.2) is 0 Å². The van der Waals surface area contributed by atoms with Gasteiger partial charge in [0.05, 0.1) is 11.5 Å². The van der Waals surface area contributed by atoms with Crippen LogP contribution in [0.25, 0.3) is 0 Å². The van der Waals surface area contributed by atoms with Crippen LogP contribution in [-0.4, -0.2) is 23.3 Å². The Labute approximate surface area is 68.4 Å². The first-order valence-corrected chi connectivity index (χ1v) is 4.32. The number of fused-ring (bicyclic) bond motifs is 1. The number of hydrogen-bond donors (Lipinski definition) is 1. The van der Waals surface area contributed by atoms with Gasteiger partial charge in [-0.2, -0.15) is 4.89 Å². The lowest BCUT2D eigenvalue weighted by molar-refractivity contribution is -0.411. The number of carbonyl (C=O) groups excluding carboxylic acids is 1. The summed E-state index contributed by atoms with van der Waals surface area (Å²) in [5.41, 5.74) is -0.202. The van der Waals surface area contributed by atoms with Crippen molar-refractivity contribution >= 4 is 5.97 Å². The van der Waals surface area contributed by atoms with E-state index < -0.39 is 0 Å². The van der Waals surface area contributed by atoms with E-state index >= 15 is 0 Å². The van der Waals surface area contributed by atoms with Crippen LogP contribution < -0.4 is 0 Å². The lowest BCUT2D eigenvalue weighted by Crippen LogP contribution is -2.71. The summed E-state index contributed by atoms with van der Waals surface area (Å²) in [7, 11) is 0. The van der Waals surface area contributed by atoms with Crippen LogP contribution in [0.1, 0.15) is 6.42 Å². The third-order valence-corrected chi connectivity index (χ3v) is 4.23. The van der Waals surface area contributed by atoms with Crippen molar-refractivity contribution < 1.29 is 19.7 Å². The molecule has 4 nitrogen and oxygen atoms in total. The van der Waals surface area contributed by atoms with Crippen LogP contribution in [-0.2, 0) is 14.6 Å². The molecular weight excluding hydrogens is 160 g/mol. The van der Waals surface area contributed by atoms with Gasteiger partial charge in [0.1, 0.15) is 6.10 Å². The fraction of sp³-hybridized carbons (Fsp3) is 0.875. The Balaban J connectivity index is 1.81. The minimum Gasteiger partial charge on any atom is -0.390 e. The zero-order valence-electron chi connectivity index (χ0n) is 6.27. The standard InChI is InChI=1S/C8H8O4/c9-5-3-2-1-8(2)4(3)6(5)11-12-7(8)10/h2-6,9H,1H2. The van der Waals surface area contributed by atoms with Crippen LogP contribution in [0.4, 0.5) is 0 Å². The predicted octanol–water partition coefficient (Wildman–Crippen LogP) is -0.530. The van der Waals surface area contributed by atoms with E-state index in [4.69, 9.17) is 4.89 Å². The van der Waals surface area contributed by atoms with Crippen molar-refractivity contribution in [2.75, 3.05) is 0 Å². The summed E-state index contributed by atoms with van der Waals surface area (Å²) >= 11 is 0. The van der Waals surface area contributed by atoms with Crippen molar-refractivity contribution in [2.24, 2.45) is 23.2 Å². The zero-order chi connectivity index (χ0) is 8.09. The lowest BCUT2D eigenvalue weighted by Gasteiger charge is -2.60. The van der Waals surface area contributed by atoms with Gasteiger partial charge in [0, 0.05) is 5.92 Å². The molecule has 3 saturated carbocycles. The molecule has 0 aromatic carbocycles. The Bertz CT molecular complexity index is 301. The third kappa shape index (κ3) is 0.321. The second kappa shape index (κ2) is 1.32. The molecule has 6 atom stereocenters. The van der Waals surface area contributed by atoms with Crippen LogP contribution in [0.3, 0.4) is 0 Å². The first-order chi connectivity index (χ1) is 5.77. The molecule has 1 spiro atoms. The van der Waals surface area contributed by atoms with Crippen molar-refractivity contribution in [3.8, 4) is 0 Å². The number of rotatable bonds is 0. The largest absolute Gasteiger partial charge is 0.390 e. The molecule has 1 N–H and O–H groups in total. The molecule has 6 unspecified atom stereocenters. The molecule has 64 valence electrons. The van der Waals surface area contributed by atoms with Crippen molar-refractivity contribution in [1.29, 1.82) is 0 Å². The molecule has 4 rings (SSSR count). The van der Waals surface area contributed by atoms with E-state index in [0.29, 0.717) is 11.8 Å². The van der Waals surface area contributed by atoms with E-state index in [9.17, 15) is 9.90 Å². The Hall–Kier alpha value is -0.610. The topological polar surface area (TPSA) is 55.8 Å². The van der Waals surface area contributed by atoms with Crippen LogP contribution in [0.5, 0.6) is 0 Å². The maximum absolute atomic E-state index is 11.3. The summed E-state index contributed by atoms with van der Waals surface area (Å²) in [4.78, 5) is 20.6. The van der Waals surface area contributed by atoms with E-state index in [1.165, 1.54) is 0 Å². The fourth-order valence-corrected chi connectivity index (χ4v) is 3.56. The molecule has 0 bridgehead atoms. The Morgan fingerprint density at radius 3 is 3.25 bits per heavy atom. The molecule has 3 aliphatic carbocycles. The Morgan fingerprint density at radius 2 is 2.42 bits per heavy atom. The van der Waals surface area contributed by atoms with Crippen LogP contribution in [0.15, 0.2) is 0 Å². The molecule has 0 radical (unpaired) electrons. The predicted molar refractivity (Wildman–Crippen MR) is 34.5 cm³/mol. The molecule has 0 amide bonds. The molecule has 4 aliphatic rings. The highest BCUT2D eigenvalue weighted by molar-refractivity contribution is 5.84. The normalized spacial score (nSPS) is 69.8. The Kier molecular flexibility index (Phi) is 0.651. The quantitative estimate of drug-likeness (QED) is 0.494. The van der Waals surface area contributed by atoms with Crippen molar-refractivity contribution in [3.05, 3.63) is 0 Å². The molecule has 0 aromatic heterocycles. The number of hydrogen-bond acceptors (Lipinski definition) is 4. The van der Waals surface area contributed by atoms with Crippen molar-refractivity contribution in [2.45, 2.75) is 18.6 Å². The summed E-state index contributed by atoms with van der Waals surface area (Å²) in [5, 5.41) is 9.51. The maximum Gasteiger partial charge on any atom is 0.349 e. The Morgan fingerprint density at radius 1 is 1.58 bits per heavy atom. The summed E-state index contributed by atoms with van der Waals surface area (Å²) in [6, 6.07) is 0. The van der Waals surface area contributed by atoms with E-state index in [1.807, 2.05) is 0 Å². The second-order valence-electron chi connectivity index (χ2n) is 4.38. The number of aliphatic hydroxyl groups excluding tert-OH is 1. The van der Waals surface area contributed by atoms with Crippen molar-refractivity contribution in [3.63, 3.8) is 0 Å². The molecule has 1 heterocycles. The molecule has 0 aromatic rings. The first kappa shape index (κ1) is 5.94. The third-order valence-electron chi connectivity index (χ3n) is 4.23. The van der Waals surface area contributed by atoms with E-state index in [-0.39, 0.29) is 29.5 Å². The van der Waals surface area contributed by atoms with E-state index in [1.54, 1.807) is 0 Å². The minimum absolute atomic E-state index is 0.197. The van der Waals surface area contributed by atoms with Gasteiger partial charge in [-0.25, -0.2) is 4.79 Å². The highest BCUT2D eigenvalue weighted by atomic mass is 17.2. The summed E-state index contributed by atoms with van der Waals surface area (Å²) in [6.07, 6.45) is 0.313. The average molecular weight is 168 g/mol. The van der Waals surface area contributed by atoms with Gasteiger partial charge in [-0.3, -0.25) is 4.89 Å². The molecular formula is C8H8O4. The number of carbonyl (C=O) groups is 1. The smallest absolute Gasteiger partial charge is 0.349 e. The van der Waals surface area contributed by atoms with Gasteiger partial charge in [0.2, 0.25) is 0 Å². The van der Waals surface area contributed by atoms with Crippen LogP contribution in [0.2, 0.25) is 0 Å². The van der Waals surface area contributed by atoms with Crippen molar-refractivity contribution in [1.82, 2.24) is 0 Å². The molecule has 1 saturated heterocycles. The van der Waals surface area contributed by atoms with Gasteiger partial charge >= 0.3 is 5.97 Å². The van der Waals surface area contributed by atoms with Gasteiger partial charge in [-0.05, 0) is 18.3 Å². The molecule has 4 heteroatoms. The van der Waals surface area contributed by atoms with E-state index in [2.05, 4.69) is 4.89 Å². The van der Waals surface area contributed by atoms with Gasteiger partial charge in [-0.15, -0.1) is 0 Å². The summed E-state index contributed by atoms with van der Waals surface area (Å²) in [5.74, 6) is 0.823. The summed E-state index contributed by atoms with van der Waals surface area (Å²) in [6.45, 7) is 0. The summed E-state index contributed by atoms with van der Waals surface area (Å²) < 4.78 is 0. The minimum atomic E-state index is -0.385. The van der Waals surface area contributed by atoms with Gasteiger partial charge in [0.25, 0.3) is 0 Å². The highest BCUT2D eigenvalue weighted by Gasteiger charge is 2.89. The zero-order valence-corrected chi connectivity index (χ0v) is 6.27. The average Bonchev–Trinajstić information content (AvgIpc) is 2.59. The monoisotopic (exact) mass is 168 g/mol. The molecule has 1 aliphatic heterocycles. The molecule has 4 fully saturated rings. The van der Waals surface area contributed by atoms with Crippen LogP contribution in [0, 0.1) is 23.2 Å². The first-order valence-electron chi connectivity index (χ1n) is 4.32. The SMILES string of the molecule is O=C1OOC2C(O)C3C4CC14C23. The van der Waals surface area contributed by atoms with E-state index in [0.717, 1.165) is 6.42 Å². The fourth-order valence-electron chi connectivity index (χ4n) is 3.56. The number of aliphatic hydroxyl groups is 1. The van der Waals surface area contributed by atoms with Gasteiger partial charge < -0.3 is 5.11 Å². The lowest BCUT2D eigenvalue weighted by atomic mass is 9.49. The van der Waals surface area contributed by atoms with Gasteiger partial charge in [-0.1, -0.05) is 0 Å². The maximum atomic E-state index is 11.3. The second-order valence-corrected chi connectivity index (χ2v) is 4.38.